The van der Waals surface area contributed by atoms with Gasteiger partial charge in [0.1, 0.15) is 22.7 Å². The first kappa shape index (κ1) is 32.6. The van der Waals surface area contributed by atoms with Crippen LogP contribution in [-0.4, -0.2) is 28.6 Å². The average Bonchev–Trinajstić information content (AvgIpc) is 2.98. The second kappa shape index (κ2) is 14.0. The fourth-order valence-electron chi connectivity index (χ4n) is 4.57. The van der Waals surface area contributed by atoms with Crippen molar-refractivity contribution in [2.45, 2.75) is 84.8 Å². The van der Waals surface area contributed by atoms with Crippen LogP contribution in [0.2, 0.25) is 10.0 Å². The van der Waals surface area contributed by atoms with Gasteiger partial charge in [-0.25, -0.2) is 4.98 Å². The Kier molecular flexibility index (Phi) is 10.6. The van der Waals surface area contributed by atoms with Gasteiger partial charge in [-0.1, -0.05) is 67.4 Å². The molecule has 1 heterocycles. The number of hydrogen-bond acceptors (Lipinski definition) is 4. The topological polar surface area (TPSA) is 60.5 Å². The summed E-state index contributed by atoms with van der Waals surface area (Å²) >= 11 is 12.4. The van der Waals surface area contributed by atoms with Gasteiger partial charge in [0.25, 0.3) is 5.91 Å². The second-order valence-electron chi connectivity index (χ2n) is 12.1. The number of aryl methyl sites for hydroxylation is 1. The Morgan fingerprint density at radius 2 is 1.56 bits per heavy atom. The number of carbonyl (C=O) groups is 1. The van der Waals surface area contributed by atoms with Gasteiger partial charge in [-0.2, -0.15) is 0 Å². The first-order valence-electron chi connectivity index (χ1n) is 15.1. The van der Waals surface area contributed by atoms with Crippen LogP contribution in [0.4, 0.5) is 0 Å². The van der Waals surface area contributed by atoms with E-state index in [1.807, 2.05) is 48.5 Å². The summed E-state index contributed by atoms with van der Waals surface area (Å²) in [5, 5.41) is 4.84. The summed E-state index contributed by atoms with van der Waals surface area (Å²) in [7, 11) is 0. The molecule has 0 aliphatic carbocycles. The molecule has 1 amide bonds. The van der Waals surface area contributed by atoms with E-state index in [-0.39, 0.29) is 17.1 Å². The number of rotatable bonds is 13. The highest BCUT2D eigenvalue weighted by Gasteiger charge is 2.22. The van der Waals surface area contributed by atoms with Gasteiger partial charge >= 0.3 is 0 Å². The molecule has 0 unspecified atom stereocenters. The van der Waals surface area contributed by atoms with Crippen LogP contribution in [0.25, 0.3) is 22.2 Å². The predicted molar refractivity (Wildman–Crippen MR) is 179 cm³/mol. The number of hydrogen-bond donors (Lipinski definition) is 1. The Morgan fingerprint density at radius 3 is 2.28 bits per heavy atom. The molecule has 0 radical (unpaired) electrons. The zero-order chi connectivity index (χ0) is 31.2. The number of aromatic nitrogens is 1. The van der Waals surface area contributed by atoms with Crippen LogP contribution in [0.5, 0.6) is 11.5 Å². The standard InChI is InChI=1S/C36H42Cl2N2O3/c1-7-35(3,4)42-26-18-16-24(33(22-26)43-36(5,6)8-2)13-11-12-20-39-34(41)28-23-32(25-17-19-29(37)30(38)21-25)40-31-15-10-9-14-27(28)31/h9-10,14-19,21-23H,7-8,11-13,20H2,1-6H3,(H,39,41). The van der Waals surface area contributed by atoms with Crippen LogP contribution in [0.1, 0.15) is 83.1 Å². The lowest BCUT2D eigenvalue weighted by molar-refractivity contribution is 0.0942. The fourth-order valence-corrected chi connectivity index (χ4v) is 4.86. The molecule has 0 aliphatic heterocycles. The number of halogens is 2. The molecule has 5 nitrogen and oxygen atoms in total. The maximum Gasteiger partial charge on any atom is 0.252 e. The number of nitrogens with zero attached hydrogens (tertiary/aromatic N) is 1. The molecule has 4 rings (SSSR count). The summed E-state index contributed by atoms with van der Waals surface area (Å²) in [5.41, 5.74) is 3.39. The Hall–Kier alpha value is -3.28. The summed E-state index contributed by atoms with van der Waals surface area (Å²) in [6, 6.07) is 21.0. The zero-order valence-electron chi connectivity index (χ0n) is 26.0. The van der Waals surface area contributed by atoms with Crippen molar-refractivity contribution >= 4 is 40.0 Å². The lowest BCUT2D eigenvalue weighted by atomic mass is 10.0. The van der Waals surface area contributed by atoms with E-state index in [1.165, 1.54) is 0 Å². The van der Waals surface area contributed by atoms with Crippen molar-refractivity contribution in [1.29, 1.82) is 0 Å². The van der Waals surface area contributed by atoms with Crippen LogP contribution in [0, 0.1) is 0 Å². The van der Waals surface area contributed by atoms with E-state index >= 15 is 0 Å². The van der Waals surface area contributed by atoms with E-state index in [1.54, 1.807) is 12.1 Å². The third-order valence-electron chi connectivity index (χ3n) is 7.86. The molecule has 1 N–H and O–H groups in total. The van der Waals surface area contributed by atoms with Crippen LogP contribution < -0.4 is 14.8 Å². The summed E-state index contributed by atoms with van der Waals surface area (Å²) in [6.45, 7) is 13.2. The van der Waals surface area contributed by atoms with Crippen molar-refractivity contribution in [2.24, 2.45) is 0 Å². The molecule has 0 saturated heterocycles. The molecular weight excluding hydrogens is 579 g/mol. The molecule has 43 heavy (non-hydrogen) atoms. The number of carbonyl (C=O) groups excluding carboxylic acids is 1. The van der Waals surface area contributed by atoms with Gasteiger partial charge in [0.05, 0.1) is 26.8 Å². The van der Waals surface area contributed by atoms with Gasteiger partial charge in [0, 0.05) is 23.6 Å². The molecule has 228 valence electrons. The van der Waals surface area contributed by atoms with Gasteiger partial charge in [0.2, 0.25) is 0 Å². The summed E-state index contributed by atoms with van der Waals surface area (Å²) in [6.07, 6.45) is 4.35. The number of fused-ring (bicyclic) bond motifs is 1. The highest BCUT2D eigenvalue weighted by Crippen LogP contribution is 2.33. The van der Waals surface area contributed by atoms with Gasteiger partial charge in [-0.15, -0.1) is 0 Å². The fraction of sp³-hybridized carbons (Fsp3) is 0.389. The van der Waals surface area contributed by atoms with E-state index < -0.39 is 0 Å². The SMILES string of the molecule is CCC(C)(C)Oc1ccc(CCCCNC(=O)c2cc(-c3ccc(Cl)c(Cl)c3)nc3ccccc23)c(OC(C)(C)CC)c1. The Morgan fingerprint density at radius 1 is 0.837 bits per heavy atom. The molecule has 0 bridgehead atoms. The lowest BCUT2D eigenvalue weighted by Gasteiger charge is -2.29. The molecule has 0 aliphatic rings. The third kappa shape index (κ3) is 8.64. The Balaban J connectivity index is 1.44. The Bertz CT molecular complexity index is 1580. The van der Waals surface area contributed by atoms with E-state index in [9.17, 15) is 4.79 Å². The first-order chi connectivity index (χ1) is 20.4. The summed E-state index contributed by atoms with van der Waals surface area (Å²) in [4.78, 5) is 18.2. The molecule has 0 fully saturated rings. The zero-order valence-corrected chi connectivity index (χ0v) is 27.5. The van der Waals surface area contributed by atoms with E-state index in [0.29, 0.717) is 27.8 Å². The molecule has 4 aromatic rings. The van der Waals surface area contributed by atoms with Crippen LogP contribution >= 0.6 is 23.2 Å². The quantitative estimate of drug-likeness (QED) is 0.151. The van der Waals surface area contributed by atoms with Crippen molar-refractivity contribution < 1.29 is 14.3 Å². The molecular formula is C36H42Cl2N2O3. The van der Waals surface area contributed by atoms with Crippen molar-refractivity contribution in [3.63, 3.8) is 0 Å². The van der Waals surface area contributed by atoms with Gasteiger partial charge < -0.3 is 14.8 Å². The minimum atomic E-state index is -0.287. The normalized spacial score (nSPS) is 11.9. The van der Waals surface area contributed by atoms with Gasteiger partial charge in [0.15, 0.2) is 0 Å². The van der Waals surface area contributed by atoms with Gasteiger partial charge in [-0.3, -0.25) is 4.79 Å². The van der Waals surface area contributed by atoms with Crippen molar-refractivity contribution in [3.05, 3.63) is 87.9 Å². The highest BCUT2D eigenvalue weighted by molar-refractivity contribution is 6.42. The smallest absolute Gasteiger partial charge is 0.252 e. The molecule has 7 heteroatoms. The number of benzene rings is 3. The largest absolute Gasteiger partial charge is 0.488 e. The predicted octanol–water partition coefficient (Wildman–Crippen LogP) is 10.1. The van der Waals surface area contributed by atoms with Crippen LogP contribution in [0.3, 0.4) is 0 Å². The minimum absolute atomic E-state index is 0.131. The number of pyridine rings is 1. The maximum atomic E-state index is 13.4. The number of nitrogens with one attached hydrogen (secondary N) is 1. The third-order valence-corrected chi connectivity index (χ3v) is 8.60. The second-order valence-corrected chi connectivity index (χ2v) is 12.9. The molecule has 0 spiro atoms. The Labute approximate surface area is 265 Å². The van der Waals surface area contributed by atoms with Crippen molar-refractivity contribution in [3.8, 4) is 22.8 Å². The van der Waals surface area contributed by atoms with Crippen LogP contribution in [-0.2, 0) is 6.42 Å². The van der Waals surface area contributed by atoms with Crippen molar-refractivity contribution in [2.75, 3.05) is 6.54 Å². The van der Waals surface area contributed by atoms with Crippen molar-refractivity contribution in [1.82, 2.24) is 10.3 Å². The number of unbranched alkanes of at least 4 members (excludes halogenated alkanes) is 1. The van der Waals surface area contributed by atoms with E-state index in [4.69, 9.17) is 37.7 Å². The van der Waals surface area contributed by atoms with E-state index in [0.717, 1.165) is 65.6 Å². The highest BCUT2D eigenvalue weighted by atomic mass is 35.5. The molecule has 1 aromatic heterocycles. The summed E-state index contributed by atoms with van der Waals surface area (Å²) < 4.78 is 12.7. The molecule has 0 atom stereocenters. The monoisotopic (exact) mass is 620 g/mol. The molecule has 3 aromatic carbocycles. The average molecular weight is 622 g/mol. The van der Waals surface area contributed by atoms with Gasteiger partial charge in [-0.05, 0) is 95.7 Å². The number of para-hydroxylation sites is 1. The first-order valence-corrected chi connectivity index (χ1v) is 15.8. The molecule has 0 saturated carbocycles. The number of ether oxygens (including phenoxy) is 2. The maximum absolute atomic E-state index is 13.4. The minimum Gasteiger partial charge on any atom is -0.488 e. The lowest BCUT2D eigenvalue weighted by Crippen LogP contribution is -2.28. The van der Waals surface area contributed by atoms with Crippen LogP contribution in [0.15, 0.2) is 66.7 Å². The number of amides is 1. The van der Waals surface area contributed by atoms with E-state index in [2.05, 4.69) is 52.9 Å². The summed E-state index contributed by atoms with van der Waals surface area (Å²) in [5.74, 6) is 1.54.